The topological polar surface area (TPSA) is 104 Å². The van der Waals surface area contributed by atoms with Crippen LogP contribution in [-0.4, -0.2) is 69.7 Å². The smallest absolute Gasteiger partial charge is 0.217 e. The van der Waals surface area contributed by atoms with Gasteiger partial charge in [0.15, 0.2) is 0 Å². The fourth-order valence-electron chi connectivity index (χ4n) is 3.59. The Hall–Kier alpha value is -2.36. The molecule has 1 atom stereocenters. The molecule has 1 aromatic heterocycles. The van der Waals surface area contributed by atoms with Crippen LogP contribution in [0.1, 0.15) is 30.2 Å². The third kappa shape index (κ3) is 8.49. The molecule has 1 N–H and O–H groups in total. The Bertz CT molecular complexity index is 987. The van der Waals surface area contributed by atoms with Gasteiger partial charge in [0.25, 0.3) is 0 Å². The van der Waals surface area contributed by atoms with Crippen molar-refractivity contribution in [2.75, 3.05) is 45.0 Å². The third-order valence-corrected chi connectivity index (χ3v) is 6.35. The van der Waals surface area contributed by atoms with Crippen molar-refractivity contribution in [1.82, 2.24) is 4.98 Å². The summed E-state index contributed by atoms with van der Waals surface area (Å²) in [6, 6.07) is 9.29. The normalized spacial score (nSPS) is 16.5. The molecular formula is C24H33NO7S. The molecule has 33 heavy (non-hydrogen) atoms. The molecule has 9 heteroatoms. The minimum absolute atomic E-state index is 0.120. The Balaban J connectivity index is 1.55. The number of rotatable bonds is 12. The van der Waals surface area contributed by atoms with Crippen LogP contribution >= 0.6 is 0 Å². The highest BCUT2D eigenvalue weighted by atomic mass is 32.2. The molecule has 1 unspecified atom stereocenters. The van der Waals surface area contributed by atoms with Gasteiger partial charge in [-0.2, -0.15) is 0 Å². The number of hydrogen-bond acceptors (Lipinski definition) is 8. The van der Waals surface area contributed by atoms with E-state index in [1.165, 1.54) is 6.26 Å². The molecule has 1 fully saturated rings. The van der Waals surface area contributed by atoms with E-state index < -0.39 is 9.84 Å². The molecule has 3 rings (SSSR count). The van der Waals surface area contributed by atoms with Crippen molar-refractivity contribution in [2.45, 2.75) is 38.7 Å². The van der Waals surface area contributed by atoms with Crippen molar-refractivity contribution >= 4 is 9.84 Å². The maximum Gasteiger partial charge on any atom is 0.217 e. The zero-order valence-electron chi connectivity index (χ0n) is 19.3. The van der Waals surface area contributed by atoms with Crippen molar-refractivity contribution in [3.8, 4) is 17.4 Å². The summed E-state index contributed by atoms with van der Waals surface area (Å²) < 4.78 is 44.7. The third-order valence-electron chi connectivity index (χ3n) is 5.32. The van der Waals surface area contributed by atoms with Gasteiger partial charge in [0.05, 0.1) is 37.9 Å². The first-order valence-corrected chi connectivity index (χ1v) is 13.3. The Labute approximate surface area is 195 Å². The minimum Gasteiger partial charge on any atom is -0.507 e. The zero-order chi connectivity index (χ0) is 23.7. The first-order chi connectivity index (χ1) is 15.8. The van der Waals surface area contributed by atoms with E-state index in [2.05, 4.69) is 4.98 Å². The molecule has 0 radical (unpaired) electrons. The number of nitrogens with zero attached hydrogens (tertiary/aromatic N) is 1. The summed E-state index contributed by atoms with van der Waals surface area (Å²) in [5, 5.41) is 10.5. The van der Waals surface area contributed by atoms with Crippen LogP contribution in [0.3, 0.4) is 0 Å². The molecule has 1 aliphatic rings. The van der Waals surface area contributed by atoms with E-state index >= 15 is 0 Å². The van der Waals surface area contributed by atoms with Gasteiger partial charge >= 0.3 is 0 Å². The highest BCUT2D eigenvalue weighted by molar-refractivity contribution is 7.90. The molecule has 0 aliphatic carbocycles. The average molecular weight is 480 g/mol. The lowest BCUT2D eigenvalue weighted by atomic mass is 10.0. The van der Waals surface area contributed by atoms with Gasteiger partial charge in [-0.3, -0.25) is 0 Å². The van der Waals surface area contributed by atoms with Gasteiger partial charge in [-0.1, -0.05) is 19.1 Å². The summed E-state index contributed by atoms with van der Waals surface area (Å²) >= 11 is 0. The average Bonchev–Trinajstić information content (AvgIpc) is 2.80. The van der Waals surface area contributed by atoms with Crippen LogP contribution in [0.2, 0.25) is 0 Å². The van der Waals surface area contributed by atoms with E-state index in [9.17, 15) is 13.5 Å². The highest BCUT2D eigenvalue weighted by Gasteiger charge is 2.17. The van der Waals surface area contributed by atoms with Crippen LogP contribution in [0.15, 0.2) is 30.3 Å². The van der Waals surface area contributed by atoms with Crippen LogP contribution in [0.5, 0.6) is 17.4 Å². The second-order valence-electron chi connectivity index (χ2n) is 8.11. The van der Waals surface area contributed by atoms with Gasteiger partial charge in [-0.25, -0.2) is 13.4 Å². The summed E-state index contributed by atoms with van der Waals surface area (Å²) in [6.45, 7) is 4.31. The molecule has 0 saturated carbocycles. The molecule has 0 spiro atoms. The summed E-state index contributed by atoms with van der Waals surface area (Å²) in [7, 11) is -2.97. The number of ether oxygens (including phenoxy) is 4. The molecule has 8 nitrogen and oxygen atoms in total. The van der Waals surface area contributed by atoms with Gasteiger partial charge in [-0.15, -0.1) is 0 Å². The van der Waals surface area contributed by atoms with Crippen molar-refractivity contribution in [1.29, 1.82) is 0 Å². The van der Waals surface area contributed by atoms with E-state index in [0.29, 0.717) is 63.9 Å². The van der Waals surface area contributed by atoms with E-state index in [1.807, 2.05) is 31.2 Å². The quantitative estimate of drug-likeness (QED) is 0.464. The molecule has 182 valence electrons. The summed E-state index contributed by atoms with van der Waals surface area (Å²) in [5.41, 5.74) is 2.75. The van der Waals surface area contributed by atoms with Crippen LogP contribution in [0.25, 0.3) is 0 Å². The second kappa shape index (κ2) is 12.2. The first-order valence-electron chi connectivity index (χ1n) is 11.3. The number of aryl methyl sites for hydroxylation is 2. The molecule has 1 aliphatic heterocycles. The lowest BCUT2D eigenvalue weighted by Gasteiger charge is -2.23. The summed E-state index contributed by atoms with van der Waals surface area (Å²) in [6.07, 6.45) is 3.64. The molecular weight excluding hydrogens is 446 g/mol. The van der Waals surface area contributed by atoms with E-state index in [1.54, 1.807) is 6.07 Å². The lowest BCUT2D eigenvalue weighted by molar-refractivity contribution is -0.102. The van der Waals surface area contributed by atoms with Crippen LogP contribution < -0.4 is 9.47 Å². The predicted molar refractivity (Wildman–Crippen MR) is 125 cm³/mol. The number of hydrogen-bond donors (Lipinski definition) is 1. The number of benzene rings is 1. The van der Waals surface area contributed by atoms with Crippen molar-refractivity contribution in [3.63, 3.8) is 0 Å². The van der Waals surface area contributed by atoms with Crippen LogP contribution in [0.4, 0.5) is 0 Å². The Morgan fingerprint density at radius 3 is 2.61 bits per heavy atom. The van der Waals surface area contributed by atoms with E-state index in [-0.39, 0.29) is 17.6 Å². The Morgan fingerprint density at radius 1 is 1.15 bits per heavy atom. The Morgan fingerprint density at radius 2 is 1.94 bits per heavy atom. The van der Waals surface area contributed by atoms with Gasteiger partial charge < -0.3 is 24.1 Å². The van der Waals surface area contributed by atoms with Crippen LogP contribution in [0, 0.1) is 0 Å². The molecule has 1 saturated heterocycles. The van der Waals surface area contributed by atoms with Gasteiger partial charge in [0, 0.05) is 17.9 Å². The summed E-state index contributed by atoms with van der Waals surface area (Å²) in [5.74, 6) is 1.40. The standard InChI is InChI=1S/C24H33NO7S/c1-3-21-22(25-24(15-23(21)26)32-17-20-16-29-12-13-31-20)10-7-18-5-8-19(9-6-18)30-11-4-14-33(2,27)28/h5-6,8-9,15,20H,3-4,7,10-14,16-17H2,1-2H3,(H,25,26). The predicted octanol–water partition coefficient (Wildman–Crippen LogP) is 2.74. The largest absolute Gasteiger partial charge is 0.507 e. The van der Waals surface area contributed by atoms with Crippen molar-refractivity contribution < 1.29 is 32.5 Å². The van der Waals surface area contributed by atoms with Gasteiger partial charge in [0.1, 0.15) is 34.0 Å². The van der Waals surface area contributed by atoms with Crippen molar-refractivity contribution in [2.24, 2.45) is 0 Å². The first kappa shape index (κ1) is 25.3. The highest BCUT2D eigenvalue weighted by Crippen LogP contribution is 2.27. The van der Waals surface area contributed by atoms with Gasteiger partial charge in [-0.05, 0) is 43.4 Å². The zero-order valence-corrected chi connectivity index (χ0v) is 20.1. The molecule has 0 amide bonds. The van der Waals surface area contributed by atoms with E-state index in [4.69, 9.17) is 18.9 Å². The number of aromatic nitrogens is 1. The molecule has 0 bridgehead atoms. The number of pyridine rings is 1. The monoisotopic (exact) mass is 479 g/mol. The lowest BCUT2D eigenvalue weighted by Crippen LogP contribution is -2.33. The van der Waals surface area contributed by atoms with Crippen molar-refractivity contribution in [3.05, 3.63) is 47.2 Å². The maximum absolute atomic E-state index is 11.2. The fraction of sp³-hybridized carbons (Fsp3) is 0.542. The minimum atomic E-state index is -2.97. The SMILES string of the molecule is CCc1c(O)cc(OCC2COCCO2)nc1CCc1ccc(OCCCS(C)(=O)=O)cc1. The molecule has 1 aromatic carbocycles. The molecule has 2 heterocycles. The summed E-state index contributed by atoms with van der Waals surface area (Å²) in [4.78, 5) is 4.64. The second-order valence-corrected chi connectivity index (χ2v) is 10.4. The molecule has 2 aromatic rings. The number of sulfone groups is 1. The Kier molecular flexibility index (Phi) is 9.34. The van der Waals surface area contributed by atoms with Crippen LogP contribution in [-0.2, 0) is 38.6 Å². The maximum atomic E-state index is 11.2. The van der Waals surface area contributed by atoms with E-state index in [0.717, 1.165) is 23.2 Å². The van der Waals surface area contributed by atoms with Gasteiger partial charge in [0.2, 0.25) is 5.88 Å². The number of aromatic hydroxyl groups is 1. The fourth-order valence-corrected chi connectivity index (χ4v) is 4.23.